The molecule has 0 radical (unpaired) electrons. The van der Waals surface area contributed by atoms with Crippen LogP contribution in [-0.2, 0) is 4.79 Å². The Labute approximate surface area is 97.8 Å². The molecule has 0 aromatic heterocycles. The van der Waals surface area contributed by atoms with E-state index in [9.17, 15) is 4.79 Å². The van der Waals surface area contributed by atoms with Crippen LogP contribution in [0.15, 0.2) is 0 Å². The van der Waals surface area contributed by atoms with Gasteiger partial charge in [0.2, 0.25) is 5.91 Å². The maximum absolute atomic E-state index is 11.8. The zero-order chi connectivity index (χ0) is 11.3. The third kappa shape index (κ3) is 4.45. The van der Waals surface area contributed by atoms with Crippen LogP contribution in [0.4, 0.5) is 0 Å². The van der Waals surface area contributed by atoms with Crippen LogP contribution < -0.4 is 0 Å². The van der Waals surface area contributed by atoms with E-state index in [1.165, 1.54) is 0 Å². The maximum atomic E-state index is 11.8. The Bertz CT molecular complexity index is 216. The maximum Gasteiger partial charge on any atom is 0.222 e. The van der Waals surface area contributed by atoms with Gasteiger partial charge in [-0.15, -0.1) is 0 Å². The predicted octanol–water partition coefficient (Wildman–Crippen LogP) is 2.78. The highest BCUT2D eigenvalue weighted by Gasteiger charge is 2.26. The fraction of sp³-hybridized carbons (Fsp3) is 0.917. The van der Waals surface area contributed by atoms with Crippen molar-refractivity contribution in [3.05, 3.63) is 0 Å². The number of carbonyl (C=O) groups excluding carboxylic acids is 1. The minimum Gasteiger partial charge on any atom is -0.343 e. The Kier molecular flexibility index (Phi) is 4.97. The van der Waals surface area contributed by atoms with Crippen molar-refractivity contribution < 1.29 is 4.79 Å². The molecule has 0 bridgehead atoms. The summed E-state index contributed by atoms with van der Waals surface area (Å²) in [7, 11) is 0. The van der Waals surface area contributed by atoms with Crippen molar-refractivity contribution in [2.75, 3.05) is 25.1 Å². The number of rotatable bonds is 4. The van der Waals surface area contributed by atoms with Crippen LogP contribution >= 0.6 is 11.8 Å². The number of likely N-dealkylation sites (tertiary alicyclic amines) is 1. The Hall–Kier alpha value is -0.180. The van der Waals surface area contributed by atoms with Crippen molar-refractivity contribution in [3.8, 4) is 0 Å². The SMILES string of the molecule is CSCCCN1CCC(C)(C)CCC1=O. The summed E-state index contributed by atoms with van der Waals surface area (Å²) in [5, 5.41) is 0. The van der Waals surface area contributed by atoms with Gasteiger partial charge in [0.15, 0.2) is 0 Å². The minimum atomic E-state index is 0.351. The number of carbonyl (C=O) groups is 1. The van der Waals surface area contributed by atoms with Gasteiger partial charge in [0.05, 0.1) is 0 Å². The number of thioether (sulfide) groups is 1. The van der Waals surface area contributed by atoms with Crippen LogP contribution in [0.5, 0.6) is 0 Å². The first kappa shape index (κ1) is 12.9. The summed E-state index contributed by atoms with van der Waals surface area (Å²) in [4.78, 5) is 13.9. The lowest BCUT2D eigenvalue weighted by molar-refractivity contribution is -0.130. The van der Waals surface area contributed by atoms with Crippen LogP contribution in [0, 0.1) is 5.41 Å². The van der Waals surface area contributed by atoms with Crippen LogP contribution in [-0.4, -0.2) is 35.9 Å². The molecule has 0 N–H and O–H groups in total. The van der Waals surface area contributed by atoms with Gasteiger partial charge >= 0.3 is 0 Å². The molecule has 0 atom stereocenters. The zero-order valence-electron chi connectivity index (χ0n) is 10.2. The molecular weight excluding hydrogens is 206 g/mol. The zero-order valence-corrected chi connectivity index (χ0v) is 11.0. The summed E-state index contributed by atoms with van der Waals surface area (Å²) in [5.41, 5.74) is 0.351. The van der Waals surface area contributed by atoms with E-state index < -0.39 is 0 Å². The van der Waals surface area contributed by atoms with Gasteiger partial charge in [0.1, 0.15) is 0 Å². The van der Waals surface area contributed by atoms with Gasteiger partial charge in [0.25, 0.3) is 0 Å². The van der Waals surface area contributed by atoms with Crippen molar-refractivity contribution in [1.82, 2.24) is 4.90 Å². The molecule has 1 heterocycles. The molecule has 0 aromatic rings. The molecule has 3 heteroatoms. The first-order valence-corrected chi connectivity index (χ1v) is 7.21. The Morgan fingerprint density at radius 3 is 2.80 bits per heavy atom. The van der Waals surface area contributed by atoms with Gasteiger partial charge < -0.3 is 4.90 Å². The lowest BCUT2D eigenvalue weighted by Crippen LogP contribution is -2.31. The fourth-order valence-electron chi connectivity index (χ4n) is 1.93. The minimum absolute atomic E-state index is 0.351. The highest BCUT2D eigenvalue weighted by molar-refractivity contribution is 7.98. The summed E-state index contributed by atoms with van der Waals surface area (Å²) in [5.74, 6) is 1.52. The van der Waals surface area contributed by atoms with Crippen molar-refractivity contribution in [3.63, 3.8) is 0 Å². The van der Waals surface area contributed by atoms with Gasteiger partial charge in [-0.05, 0) is 36.7 Å². The highest BCUT2D eigenvalue weighted by atomic mass is 32.2. The normalized spacial score (nSPS) is 21.5. The van der Waals surface area contributed by atoms with Gasteiger partial charge in [0, 0.05) is 19.5 Å². The molecule has 88 valence electrons. The molecule has 1 saturated heterocycles. The van der Waals surface area contributed by atoms with E-state index in [2.05, 4.69) is 25.0 Å². The number of amides is 1. The number of hydrogen-bond donors (Lipinski definition) is 0. The summed E-state index contributed by atoms with van der Waals surface area (Å²) in [6.07, 6.45) is 6.19. The second-order valence-electron chi connectivity index (χ2n) is 5.14. The molecule has 1 rings (SSSR count). The Balaban J connectivity index is 2.40. The first-order chi connectivity index (χ1) is 7.05. The number of hydrogen-bond acceptors (Lipinski definition) is 2. The van der Waals surface area contributed by atoms with Gasteiger partial charge in [-0.1, -0.05) is 13.8 Å². The van der Waals surface area contributed by atoms with Crippen molar-refractivity contribution in [2.24, 2.45) is 5.41 Å². The molecule has 1 aliphatic rings. The predicted molar refractivity (Wildman–Crippen MR) is 67.2 cm³/mol. The van der Waals surface area contributed by atoms with Crippen LogP contribution in [0.1, 0.15) is 39.5 Å². The van der Waals surface area contributed by atoms with Crippen LogP contribution in [0.25, 0.3) is 0 Å². The lowest BCUT2D eigenvalue weighted by atomic mass is 9.85. The van der Waals surface area contributed by atoms with Gasteiger partial charge in [-0.25, -0.2) is 0 Å². The molecule has 15 heavy (non-hydrogen) atoms. The van der Waals surface area contributed by atoms with E-state index in [-0.39, 0.29) is 0 Å². The third-order valence-electron chi connectivity index (χ3n) is 3.20. The lowest BCUT2D eigenvalue weighted by Gasteiger charge is -2.23. The third-order valence-corrected chi connectivity index (χ3v) is 3.90. The van der Waals surface area contributed by atoms with E-state index in [1.807, 2.05) is 11.8 Å². The van der Waals surface area contributed by atoms with E-state index in [0.29, 0.717) is 11.3 Å². The summed E-state index contributed by atoms with van der Waals surface area (Å²) in [6.45, 7) is 6.45. The van der Waals surface area contributed by atoms with Gasteiger partial charge in [-0.3, -0.25) is 4.79 Å². The standard InChI is InChI=1S/C12H23NOS/c1-12(2)6-5-11(14)13(9-7-12)8-4-10-15-3/h4-10H2,1-3H3. The number of nitrogens with zero attached hydrogens (tertiary/aromatic N) is 1. The molecule has 0 aliphatic carbocycles. The van der Waals surface area contributed by atoms with Crippen molar-refractivity contribution >= 4 is 17.7 Å². The molecule has 0 unspecified atom stereocenters. The molecule has 2 nitrogen and oxygen atoms in total. The van der Waals surface area contributed by atoms with E-state index in [1.54, 1.807) is 0 Å². The van der Waals surface area contributed by atoms with Crippen molar-refractivity contribution in [1.29, 1.82) is 0 Å². The highest BCUT2D eigenvalue weighted by Crippen LogP contribution is 2.30. The van der Waals surface area contributed by atoms with E-state index >= 15 is 0 Å². The Morgan fingerprint density at radius 2 is 2.13 bits per heavy atom. The molecule has 0 saturated carbocycles. The van der Waals surface area contributed by atoms with Crippen molar-refractivity contribution in [2.45, 2.75) is 39.5 Å². The summed E-state index contributed by atoms with van der Waals surface area (Å²) < 4.78 is 0. The van der Waals surface area contributed by atoms with E-state index in [4.69, 9.17) is 0 Å². The largest absolute Gasteiger partial charge is 0.343 e. The molecule has 0 spiro atoms. The quantitative estimate of drug-likeness (QED) is 0.691. The smallest absolute Gasteiger partial charge is 0.222 e. The second kappa shape index (κ2) is 5.78. The topological polar surface area (TPSA) is 20.3 Å². The van der Waals surface area contributed by atoms with Crippen LogP contribution in [0.3, 0.4) is 0 Å². The first-order valence-electron chi connectivity index (χ1n) is 5.82. The summed E-state index contributed by atoms with van der Waals surface area (Å²) >= 11 is 1.86. The molecule has 1 aliphatic heterocycles. The Morgan fingerprint density at radius 1 is 1.40 bits per heavy atom. The molecule has 0 aromatic carbocycles. The second-order valence-corrected chi connectivity index (χ2v) is 6.13. The molecule has 1 amide bonds. The summed E-state index contributed by atoms with van der Waals surface area (Å²) in [6, 6.07) is 0. The van der Waals surface area contributed by atoms with Crippen LogP contribution in [0.2, 0.25) is 0 Å². The average Bonchev–Trinajstić information content (AvgIpc) is 2.31. The molecular formula is C12H23NOS. The average molecular weight is 229 g/mol. The fourth-order valence-corrected chi connectivity index (χ4v) is 2.34. The molecule has 1 fully saturated rings. The monoisotopic (exact) mass is 229 g/mol. The van der Waals surface area contributed by atoms with Gasteiger partial charge in [-0.2, -0.15) is 11.8 Å². The van der Waals surface area contributed by atoms with E-state index in [0.717, 1.165) is 44.5 Å².